The van der Waals surface area contributed by atoms with E-state index in [0.29, 0.717) is 10.8 Å². The Morgan fingerprint density at radius 2 is 1.70 bits per heavy atom. The number of hydrogen-bond donors (Lipinski definition) is 0. The van der Waals surface area contributed by atoms with E-state index in [2.05, 4.69) is 34.1 Å². The highest BCUT2D eigenvalue weighted by Gasteiger charge is 2.32. The average Bonchev–Trinajstić information content (AvgIpc) is 1.56. The molecule has 0 aromatic carbocycles. The Kier molecular flexibility index (Phi) is 1.82. The molecule has 1 aliphatic rings. The summed E-state index contributed by atoms with van der Waals surface area (Å²) in [5.74, 6) is 0. The van der Waals surface area contributed by atoms with Crippen LogP contribution in [0, 0.1) is 17.3 Å². The van der Waals surface area contributed by atoms with Crippen molar-refractivity contribution in [3.63, 3.8) is 0 Å². The highest BCUT2D eigenvalue weighted by atomic mass is 14.4. The molecule has 0 aromatic heterocycles. The van der Waals surface area contributed by atoms with Crippen LogP contribution in [0.15, 0.2) is 0 Å². The van der Waals surface area contributed by atoms with Crippen molar-refractivity contribution >= 4 is 0 Å². The molecule has 0 aliphatic heterocycles. The number of hydrogen-bond acceptors (Lipinski definition) is 0. The van der Waals surface area contributed by atoms with Crippen LogP contribution in [0.5, 0.6) is 0 Å². The molecule has 0 heterocycles. The summed E-state index contributed by atoms with van der Waals surface area (Å²) in [5, 5.41) is 0. The fraction of sp³-hybridized carbons (Fsp3) is 0.900. The first-order chi connectivity index (χ1) is 4.41. The van der Waals surface area contributed by atoms with Gasteiger partial charge in [0.2, 0.25) is 0 Å². The van der Waals surface area contributed by atoms with Gasteiger partial charge in [0.25, 0.3) is 0 Å². The first-order valence-electron chi connectivity index (χ1n) is 4.26. The molecule has 1 rings (SSSR count). The molecule has 0 unspecified atom stereocenters. The van der Waals surface area contributed by atoms with E-state index >= 15 is 0 Å². The Morgan fingerprint density at radius 3 is 2.00 bits per heavy atom. The van der Waals surface area contributed by atoms with Crippen LogP contribution in [0.25, 0.3) is 0 Å². The van der Waals surface area contributed by atoms with Crippen LogP contribution in [0.4, 0.5) is 0 Å². The second kappa shape index (κ2) is 2.25. The summed E-state index contributed by atoms with van der Waals surface area (Å²) in [4.78, 5) is 0. The van der Waals surface area contributed by atoms with Crippen LogP contribution < -0.4 is 0 Å². The quantitative estimate of drug-likeness (QED) is 0.482. The summed E-state index contributed by atoms with van der Waals surface area (Å²) < 4.78 is 0. The van der Waals surface area contributed by atoms with Crippen molar-refractivity contribution < 1.29 is 0 Å². The molecule has 1 radical (unpaired) electrons. The molecular weight excluding hydrogens is 120 g/mol. The largest absolute Gasteiger partial charge is 0.0599 e. The maximum Gasteiger partial charge on any atom is -0.0318 e. The molecule has 0 saturated heterocycles. The Bertz CT molecular complexity index is 106. The minimum absolute atomic E-state index is 0.488. The minimum atomic E-state index is 0.488. The molecular formula is C10H19. The van der Waals surface area contributed by atoms with Crippen LogP contribution in [0.2, 0.25) is 0 Å². The molecule has 1 fully saturated rings. The van der Waals surface area contributed by atoms with Gasteiger partial charge in [-0.2, -0.15) is 0 Å². The van der Waals surface area contributed by atoms with E-state index in [-0.39, 0.29) is 0 Å². The second-order valence-electron chi connectivity index (χ2n) is 5.07. The third-order valence-electron chi connectivity index (χ3n) is 2.45. The zero-order valence-electron chi connectivity index (χ0n) is 7.70. The molecule has 0 nitrogen and oxygen atoms in total. The fourth-order valence-corrected chi connectivity index (χ4v) is 2.25. The van der Waals surface area contributed by atoms with Crippen LogP contribution >= 0.6 is 0 Å². The van der Waals surface area contributed by atoms with Crippen molar-refractivity contribution in [1.82, 2.24) is 0 Å². The van der Waals surface area contributed by atoms with Gasteiger partial charge in [-0.05, 0) is 36.5 Å². The van der Waals surface area contributed by atoms with Crippen LogP contribution in [0.3, 0.4) is 0 Å². The van der Waals surface area contributed by atoms with Crippen molar-refractivity contribution in [3.05, 3.63) is 6.42 Å². The highest BCUT2D eigenvalue weighted by Crippen LogP contribution is 2.44. The van der Waals surface area contributed by atoms with Crippen molar-refractivity contribution in [1.29, 1.82) is 0 Å². The molecule has 0 bridgehead atoms. The number of rotatable bonds is 0. The smallest absolute Gasteiger partial charge is 0.0318 e. The summed E-state index contributed by atoms with van der Waals surface area (Å²) in [5.41, 5.74) is 1.07. The molecule has 59 valence electrons. The summed E-state index contributed by atoms with van der Waals surface area (Å²) in [7, 11) is 0. The van der Waals surface area contributed by atoms with Crippen molar-refractivity contribution in [2.75, 3.05) is 0 Å². The van der Waals surface area contributed by atoms with Gasteiger partial charge in [-0.3, -0.25) is 0 Å². The molecule has 0 aromatic rings. The molecule has 0 amide bonds. The van der Waals surface area contributed by atoms with E-state index < -0.39 is 0 Å². The molecule has 0 heteroatoms. The lowest BCUT2D eigenvalue weighted by Crippen LogP contribution is -2.28. The molecule has 1 aliphatic carbocycles. The second-order valence-corrected chi connectivity index (χ2v) is 5.07. The highest BCUT2D eigenvalue weighted by molar-refractivity contribution is 4.95. The van der Waals surface area contributed by atoms with E-state index in [1.165, 1.54) is 19.3 Å². The van der Waals surface area contributed by atoms with Crippen molar-refractivity contribution in [3.8, 4) is 0 Å². The zero-order chi connectivity index (χ0) is 7.83. The zero-order valence-corrected chi connectivity index (χ0v) is 7.70. The maximum absolute atomic E-state index is 2.47. The molecule has 0 N–H and O–H groups in total. The lowest BCUT2D eigenvalue weighted by atomic mass is 9.65. The van der Waals surface area contributed by atoms with Crippen LogP contribution in [0.1, 0.15) is 47.0 Å². The van der Waals surface area contributed by atoms with E-state index in [9.17, 15) is 0 Å². The van der Waals surface area contributed by atoms with Crippen LogP contribution in [-0.2, 0) is 0 Å². The van der Waals surface area contributed by atoms with Gasteiger partial charge in [-0.1, -0.05) is 27.7 Å². The van der Waals surface area contributed by atoms with Crippen molar-refractivity contribution in [2.24, 2.45) is 10.8 Å². The first kappa shape index (κ1) is 8.10. The minimum Gasteiger partial charge on any atom is -0.0599 e. The topological polar surface area (TPSA) is 0 Å². The monoisotopic (exact) mass is 139 g/mol. The SMILES string of the molecule is CC1(C)[CH]CCC(C)(C)C1. The van der Waals surface area contributed by atoms with Gasteiger partial charge in [0.05, 0.1) is 0 Å². The van der Waals surface area contributed by atoms with E-state index in [0.717, 1.165) is 0 Å². The Morgan fingerprint density at radius 1 is 1.10 bits per heavy atom. The van der Waals surface area contributed by atoms with E-state index in [1.807, 2.05) is 0 Å². The first-order valence-corrected chi connectivity index (χ1v) is 4.26. The summed E-state index contributed by atoms with van der Waals surface area (Å²) in [6.07, 6.45) is 6.49. The normalized spacial score (nSPS) is 30.0. The van der Waals surface area contributed by atoms with Gasteiger partial charge in [0.15, 0.2) is 0 Å². The molecule has 10 heavy (non-hydrogen) atoms. The van der Waals surface area contributed by atoms with E-state index in [1.54, 1.807) is 0 Å². The Hall–Kier alpha value is 0. The summed E-state index contributed by atoms with van der Waals surface area (Å²) in [6.45, 7) is 9.44. The van der Waals surface area contributed by atoms with Gasteiger partial charge >= 0.3 is 0 Å². The standard InChI is InChI=1S/C10H19/c1-9(2)6-5-7-10(3,4)8-9/h6H,5,7-8H2,1-4H3. The average molecular weight is 139 g/mol. The maximum atomic E-state index is 2.47. The Labute approximate surface area is 65.0 Å². The van der Waals surface area contributed by atoms with Gasteiger partial charge in [-0.25, -0.2) is 0 Å². The van der Waals surface area contributed by atoms with Crippen LogP contribution in [-0.4, -0.2) is 0 Å². The van der Waals surface area contributed by atoms with Gasteiger partial charge in [0.1, 0.15) is 0 Å². The predicted octanol–water partition coefficient (Wildman–Crippen LogP) is 3.43. The lowest BCUT2D eigenvalue weighted by Gasteiger charge is -2.40. The predicted molar refractivity (Wildman–Crippen MR) is 45.7 cm³/mol. The van der Waals surface area contributed by atoms with Crippen molar-refractivity contribution in [2.45, 2.75) is 47.0 Å². The molecule has 1 saturated carbocycles. The molecule has 0 atom stereocenters. The van der Waals surface area contributed by atoms with Gasteiger partial charge in [-0.15, -0.1) is 0 Å². The lowest BCUT2D eigenvalue weighted by molar-refractivity contribution is 0.165. The van der Waals surface area contributed by atoms with Gasteiger partial charge < -0.3 is 0 Å². The van der Waals surface area contributed by atoms with Gasteiger partial charge in [0, 0.05) is 0 Å². The summed E-state index contributed by atoms with van der Waals surface area (Å²) in [6, 6.07) is 0. The Balaban J connectivity index is 2.56. The van der Waals surface area contributed by atoms with E-state index in [4.69, 9.17) is 0 Å². The fourth-order valence-electron chi connectivity index (χ4n) is 2.25. The third-order valence-corrected chi connectivity index (χ3v) is 2.45. The molecule has 0 spiro atoms. The summed E-state index contributed by atoms with van der Waals surface area (Å²) >= 11 is 0. The third kappa shape index (κ3) is 2.00.